The maximum Gasteiger partial charge on any atom is 0.351 e. The van der Waals surface area contributed by atoms with Gasteiger partial charge in [-0.15, -0.1) is 11.3 Å². The number of hydrogen-bond acceptors (Lipinski definition) is 6. The molecular weight excluding hydrogens is 328 g/mol. The smallest absolute Gasteiger partial charge is 0.351 e. The Morgan fingerprint density at radius 3 is 2.67 bits per heavy atom. The van der Waals surface area contributed by atoms with Crippen LogP contribution in [0.5, 0.6) is 0 Å². The lowest BCUT2D eigenvalue weighted by molar-refractivity contribution is -0.129. The zero-order valence-electron chi connectivity index (χ0n) is 13.9. The summed E-state index contributed by atoms with van der Waals surface area (Å²) in [6, 6.07) is 9.61. The summed E-state index contributed by atoms with van der Waals surface area (Å²) in [4.78, 5) is 29.0. The van der Waals surface area contributed by atoms with Crippen LogP contribution in [0.2, 0.25) is 0 Å². The zero-order valence-corrected chi connectivity index (χ0v) is 14.7. The van der Waals surface area contributed by atoms with Crippen LogP contribution in [0, 0.1) is 6.92 Å². The number of ether oxygens (including phenoxy) is 2. The van der Waals surface area contributed by atoms with E-state index in [9.17, 15) is 9.59 Å². The van der Waals surface area contributed by atoms with Gasteiger partial charge >= 0.3 is 5.97 Å². The first-order chi connectivity index (χ1) is 11.5. The fourth-order valence-corrected chi connectivity index (χ4v) is 2.93. The first-order valence-corrected chi connectivity index (χ1v) is 8.35. The summed E-state index contributed by atoms with van der Waals surface area (Å²) in [6.07, 6.45) is -0.879. The highest BCUT2D eigenvalue weighted by Crippen LogP contribution is 2.28. The van der Waals surface area contributed by atoms with Gasteiger partial charge in [-0.3, -0.25) is 4.79 Å². The molecule has 0 aliphatic rings. The molecule has 0 radical (unpaired) electrons. The lowest BCUT2D eigenvalue weighted by atomic mass is 10.2. The second-order valence-electron chi connectivity index (χ2n) is 5.13. The van der Waals surface area contributed by atoms with E-state index in [0.29, 0.717) is 23.7 Å². The van der Waals surface area contributed by atoms with Gasteiger partial charge in [-0.25, -0.2) is 9.78 Å². The fourth-order valence-electron chi connectivity index (χ4n) is 1.98. The minimum absolute atomic E-state index is 0.356. The minimum atomic E-state index is -0.879. The topological polar surface area (TPSA) is 77.5 Å². The predicted molar refractivity (Wildman–Crippen MR) is 92.1 cm³/mol. The van der Waals surface area contributed by atoms with Crippen LogP contribution in [0.15, 0.2) is 30.3 Å². The van der Waals surface area contributed by atoms with Crippen LogP contribution in [0.1, 0.15) is 22.3 Å². The molecule has 7 heteroatoms. The van der Waals surface area contributed by atoms with Crippen LogP contribution < -0.4 is 5.32 Å². The Hall–Kier alpha value is -2.25. The molecule has 1 aromatic heterocycles. The third-order valence-corrected chi connectivity index (χ3v) is 4.45. The van der Waals surface area contributed by atoms with Crippen molar-refractivity contribution < 1.29 is 19.1 Å². The molecule has 6 nitrogen and oxygen atoms in total. The van der Waals surface area contributed by atoms with Gasteiger partial charge in [-0.2, -0.15) is 0 Å². The Bertz CT molecular complexity index is 700. The summed E-state index contributed by atoms with van der Waals surface area (Å²) in [6.45, 7) is 4.06. The monoisotopic (exact) mass is 348 g/mol. The van der Waals surface area contributed by atoms with E-state index in [2.05, 4.69) is 10.3 Å². The van der Waals surface area contributed by atoms with Crippen LogP contribution in [0.3, 0.4) is 0 Å². The molecule has 0 aliphatic carbocycles. The summed E-state index contributed by atoms with van der Waals surface area (Å²) < 4.78 is 10.1. The van der Waals surface area contributed by atoms with Crippen molar-refractivity contribution in [1.82, 2.24) is 10.3 Å². The van der Waals surface area contributed by atoms with Gasteiger partial charge in [0.2, 0.25) is 0 Å². The van der Waals surface area contributed by atoms with Crippen LogP contribution in [-0.2, 0) is 14.3 Å². The minimum Gasteiger partial charge on any atom is -0.448 e. The number of benzene rings is 1. The van der Waals surface area contributed by atoms with E-state index in [1.165, 1.54) is 18.3 Å². The molecule has 0 unspecified atom stereocenters. The van der Waals surface area contributed by atoms with Crippen LogP contribution >= 0.6 is 11.3 Å². The molecular formula is C17H20N2O4S. The molecule has 128 valence electrons. The molecule has 2 rings (SSSR count). The number of nitrogens with zero attached hydrogens (tertiary/aromatic N) is 1. The van der Waals surface area contributed by atoms with Crippen LogP contribution in [0.25, 0.3) is 10.6 Å². The average molecular weight is 348 g/mol. The number of hydrogen-bond donors (Lipinski definition) is 1. The predicted octanol–water partition coefficient (Wildman–Crippen LogP) is 2.43. The Morgan fingerprint density at radius 2 is 2.00 bits per heavy atom. The second kappa shape index (κ2) is 8.56. The number of amides is 1. The number of carbonyl (C=O) groups is 2. The van der Waals surface area contributed by atoms with Crippen molar-refractivity contribution in [2.75, 3.05) is 20.3 Å². The van der Waals surface area contributed by atoms with Gasteiger partial charge in [0, 0.05) is 19.2 Å². The average Bonchev–Trinajstić information content (AvgIpc) is 2.97. The van der Waals surface area contributed by atoms with E-state index < -0.39 is 12.1 Å². The van der Waals surface area contributed by atoms with Crippen molar-refractivity contribution in [3.8, 4) is 10.6 Å². The van der Waals surface area contributed by atoms with Crippen molar-refractivity contribution in [2.24, 2.45) is 0 Å². The van der Waals surface area contributed by atoms with E-state index in [1.807, 2.05) is 30.3 Å². The quantitative estimate of drug-likeness (QED) is 0.614. The fraction of sp³-hybridized carbons (Fsp3) is 0.353. The molecule has 2 aromatic rings. The molecule has 1 atom stereocenters. The lowest BCUT2D eigenvalue weighted by Crippen LogP contribution is -2.37. The number of esters is 1. The molecule has 0 aliphatic heterocycles. The van der Waals surface area contributed by atoms with E-state index in [1.54, 1.807) is 14.0 Å². The molecule has 1 amide bonds. The Labute approximate surface area is 144 Å². The maximum atomic E-state index is 12.3. The van der Waals surface area contributed by atoms with Crippen molar-refractivity contribution in [2.45, 2.75) is 20.0 Å². The summed E-state index contributed by atoms with van der Waals surface area (Å²) in [7, 11) is 1.55. The first-order valence-electron chi connectivity index (χ1n) is 7.53. The summed E-state index contributed by atoms with van der Waals surface area (Å²) in [5.74, 6) is -0.896. The molecule has 1 heterocycles. The van der Waals surface area contributed by atoms with Gasteiger partial charge in [0.1, 0.15) is 9.88 Å². The number of rotatable bonds is 7. The van der Waals surface area contributed by atoms with Crippen molar-refractivity contribution in [1.29, 1.82) is 0 Å². The SMILES string of the molecule is COCCNC(=O)[C@H](C)OC(=O)c1sc(-c2ccccc2)nc1C. The number of thiazole rings is 1. The van der Waals surface area contributed by atoms with Crippen LogP contribution in [0.4, 0.5) is 0 Å². The van der Waals surface area contributed by atoms with E-state index in [4.69, 9.17) is 9.47 Å². The largest absolute Gasteiger partial charge is 0.448 e. The highest BCUT2D eigenvalue weighted by Gasteiger charge is 2.22. The van der Waals surface area contributed by atoms with Gasteiger partial charge in [-0.1, -0.05) is 30.3 Å². The molecule has 0 fully saturated rings. The van der Waals surface area contributed by atoms with Crippen molar-refractivity contribution >= 4 is 23.2 Å². The Kier molecular flexibility index (Phi) is 6.45. The number of aromatic nitrogens is 1. The Balaban J connectivity index is 2.02. The van der Waals surface area contributed by atoms with Gasteiger partial charge in [0.15, 0.2) is 6.10 Å². The van der Waals surface area contributed by atoms with E-state index >= 15 is 0 Å². The molecule has 1 aromatic carbocycles. The van der Waals surface area contributed by atoms with E-state index in [0.717, 1.165) is 10.6 Å². The molecule has 0 saturated heterocycles. The van der Waals surface area contributed by atoms with Gasteiger partial charge < -0.3 is 14.8 Å². The highest BCUT2D eigenvalue weighted by atomic mass is 32.1. The number of nitrogens with one attached hydrogen (secondary N) is 1. The number of aryl methyl sites for hydroxylation is 1. The maximum absolute atomic E-state index is 12.3. The third-order valence-electron chi connectivity index (χ3n) is 3.26. The van der Waals surface area contributed by atoms with Gasteiger partial charge in [0.05, 0.1) is 12.3 Å². The molecule has 24 heavy (non-hydrogen) atoms. The first kappa shape index (κ1) is 18.1. The van der Waals surface area contributed by atoms with E-state index in [-0.39, 0.29) is 5.91 Å². The molecule has 0 spiro atoms. The highest BCUT2D eigenvalue weighted by molar-refractivity contribution is 7.17. The summed E-state index contributed by atoms with van der Waals surface area (Å²) in [5.41, 5.74) is 1.53. The Morgan fingerprint density at radius 1 is 1.29 bits per heavy atom. The lowest BCUT2D eigenvalue weighted by Gasteiger charge is -2.12. The molecule has 1 N–H and O–H groups in total. The zero-order chi connectivity index (χ0) is 17.5. The number of methoxy groups -OCH3 is 1. The van der Waals surface area contributed by atoms with Crippen LogP contribution in [-0.4, -0.2) is 43.2 Å². The summed E-state index contributed by atoms with van der Waals surface area (Å²) >= 11 is 1.26. The molecule has 0 bridgehead atoms. The van der Waals surface area contributed by atoms with Gasteiger partial charge in [-0.05, 0) is 13.8 Å². The standard InChI is InChI=1S/C17H20N2O4S/c1-11-14(24-16(19-11)13-7-5-4-6-8-13)17(21)23-12(2)15(20)18-9-10-22-3/h4-8,12H,9-10H2,1-3H3,(H,18,20)/t12-/m0/s1. The normalized spacial score (nSPS) is 11.8. The van der Waals surface area contributed by atoms with Crippen molar-refractivity contribution in [3.63, 3.8) is 0 Å². The third kappa shape index (κ3) is 4.62. The molecule has 0 saturated carbocycles. The summed E-state index contributed by atoms with van der Waals surface area (Å²) in [5, 5.41) is 3.38. The number of carbonyl (C=O) groups excluding carboxylic acids is 2. The van der Waals surface area contributed by atoms with Gasteiger partial charge in [0.25, 0.3) is 5.91 Å². The van der Waals surface area contributed by atoms with Crippen molar-refractivity contribution in [3.05, 3.63) is 40.9 Å². The second-order valence-corrected chi connectivity index (χ2v) is 6.13.